The largest absolute Gasteiger partial charge is 0.399 e. The fourth-order valence-corrected chi connectivity index (χ4v) is 2.49. The van der Waals surface area contributed by atoms with E-state index < -0.39 is 0 Å². The molecule has 2 aromatic heterocycles. The second-order valence-electron chi connectivity index (χ2n) is 4.51. The van der Waals surface area contributed by atoms with E-state index in [0.29, 0.717) is 5.69 Å². The van der Waals surface area contributed by atoms with Crippen molar-refractivity contribution in [3.8, 4) is 17.2 Å². The smallest absolute Gasteiger partial charge is 0.152 e. The number of nitrogens with zero attached hydrogens (tertiary/aromatic N) is 3. The summed E-state index contributed by atoms with van der Waals surface area (Å²) in [5.41, 5.74) is 8.65. The summed E-state index contributed by atoms with van der Waals surface area (Å²) in [6.07, 6.45) is 5.44. The summed E-state index contributed by atoms with van der Waals surface area (Å²) in [6.45, 7) is 2.03. The molecule has 3 aromatic rings. The standard InChI is InChI=1S/C15H13BrN4/c1-10-5-6-18-15(13(10)16)20-8-7-19-14(20)11-3-2-4-12(17)9-11/h2-9H,17H2,1H3. The van der Waals surface area contributed by atoms with Crippen molar-refractivity contribution in [2.45, 2.75) is 6.92 Å². The SMILES string of the molecule is Cc1ccnc(-n2ccnc2-c2cccc(N)c2)c1Br. The Bertz CT molecular complexity index is 764. The summed E-state index contributed by atoms with van der Waals surface area (Å²) >= 11 is 3.59. The van der Waals surface area contributed by atoms with Gasteiger partial charge in [-0.25, -0.2) is 9.97 Å². The van der Waals surface area contributed by atoms with Crippen LogP contribution in [0.15, 0.2) is 53.4 Å². The van der Waals surface area contributed by atoms with Crippen LogP contribution in [0.5, 0.6) is 0 Å². The Kier molecular flexibility index (Phi) is 3.28. The van der Waals surface area contributed by atoms with E-state index in [2.05, 4.69) is 25.9 Å². The first-order valence-corrected chi connectivity index (χ1v) is 6.97. The van der Waals surface area contributed by atoms with Gasteiger partial charge in [0.25, 0.3) is 0 Å². The summed E-state index contributed by atoms with van der Waals surface area (Å²) in [7, 11) is 0. The third-order valence-corrected chi connectivity index (χ3v) is 4.06. The number of hydrogen-bond acceptors (Lipinski definition) is 3. The topological polar surface area (TPSA) is 56.7 Å². The number of hydrogen-bond donors (Lipinski definition) is 1. The van der Waals surface area contributed by atoms with Crippen LogP contribution >= 0.6 is 15.9 Å². The predicted octanol–water partition coefficient (Wildman–Crippen LogP) is 3.59. The van der Waals surface area contributed by atoms with Crippen molar-refractivity contribution in [3.63, 3.8) is 0 Å². The fraction of sp³-hybridized carbons (Fsp3) is 0.0667. The third-order valence-electron chi connectivity index (χ3n) is 3.08. The molecule has 0 fully saturated rings. The molecule has 0 radical (unpaired) electrons. The van der Waals surface area contributed by atoms with Crippen LogP contribution in [0.2, 0.25) is 0 Å². The van der Waals surface area contributed by atoms with Gasteiger partial charge in [-0.3, -0.25) is 4.57 Å². The van der Waals surface area contributed by atoms with Crippen molar-refractivity contribution < 1.29 is 0 Å². The molecule has 1 aromatic carbocycles. The van der Waals surface area contributed by atoms with Crippen molar-refractivity contribution in [2.75, 3.05) is 5.73 Å². The maximum Gasteiger partial charge on any atom is 0.152 e. The van der Waals surface area contributed by atoms with Gasteiger partial charge in [0.2, 0.25) is 0 Å². The molecule has 0 amide bonds. The third kappa shape index (κ3) is 2.20. The van der Waals surface area contributed by atoms with Crippen molar-refractivity contribution in [3.05, 3.63) is 59.0 Å². The molecule has 0 aliphatic carbocycles. The van der Waals surface area contributed by atoms with Crippen molar-refractivity contribution in [1.29, 1.82) is 0 Å². The molecule has 2 heterocycles. The lowest BCUT2D eigenvalue weighted by atomic mass is 10.2. The number of aromatic nitrogens is 3. The van der Waals surface area contributed by atoms with Crippen LogP contribution in [-0.4, -0.2) is 14.5 Å². The first kappa shape index (κ1) is 12.9. The molecule has 0 spiro atoms. The molecule has 0 saturated heterocycles. The lowest BCUT2D eigenvalue weighted by Crippen LogP contribution is -2.01. The number of pyridine rings is 1. The van der Waals surface area contributed by atoms with Crippen molar-refractivity contribution >= 4 is 21.6 Å². The maximum absolute atomic E-state index is 5.85. The lowest BCUT2D eigenvalue weighted by molar-refractivity contribution is 0.986. The van der Waals surface area contributed by atoms with Gasteiger partial charge in [0.1, 0.15) is 5.82 Å². The van der Waals surface area contributed by atoms with E-state index in [0.717, 1.165) is 27.2 Å². The van der Waals surface area contributed by atoms with Gasteiger partial charge in [-0.15, -0.1) is 0 Å². The van der Waals surface area contributed by atoms with E-state index >= 15 is 0 Å². The Labute approximate surface area is 125 Å². The minimum absolute atomic E-state index is 0.716. The van der Waals surface area contributed by atoms with Crippen LogP contribution in [-0.2, 0) is 0 Å². The van der Waals surface area contributed by atoms with Gasteiger partial charge in [0.05, 0.1) is 4.47 Å². The quantitative estimate of drug-likeness (QED) is 0.731. The average Bonchev–Trinajstić information content (AvgIpc) is 2.91. The van der Waals surface area contributed by atoms with Crippen LogP contribution in [0.1, 0.15) is 5.56 Å². The molecule has 0 unspecified atom stereocenters. The molecule has 20 heavy (non-hydrogen) atoms. The number of imidazole rings is 1. The van der Waals surface area contributed by atoms with E-state index in [-0.39, 0.29) is 0 Å². The maximum atomic E-state index is 5.85. The summed E-state index contributed by atoms with van der Waals surface area (Å²) in [4.78, 5) is 8.86. The van der Waals surface area contributed by atoms with Gasteiger partial charge in [-0.1, -0.05) is 12.1 Å². The highest BCUT2D eigenvalue weighted by atomic mass is 79.9. The summed E-state index contributed by atoms with van der Waals surface area (Å²) in [5, 5.41) is 0. The number of nitrogen functional groups attached to an aromatic ring is 1. The van der Waals surface area contributed by atoms with Crippen molar-refractivity contribution in [1.82, 2.24) is 14.5 Å². The molecular formula is C15H13BrN4. The Balaban J connectivity index is 2.18. The van der Waals surface area contributed by atoms with Gasteiger partial charge in [-0.2, -0.15) is 0 Å². The van der Waals surface area contributed by atoms with Gasteiger partial charge in [0.15, 0.2) is 5.82 Å². The zero-order chi connectivity index (χ0) is 14.1. The molecule has 0 saturated carbocycles. The Morgan fingerprint density at radius 2 is 2.00 bits per heavy atom. The van der Waals surface area contributed by atoms with Crippen molar-refractivity contribution in [2.24, 2.45) is 0 Å². The molecule has 2 N–H and O–H groups in total. The second kappa shape index (κ2) is 5.09. The first-order chi connectivity index (χ1) is 9.66. The van der Waals surface area contributed by atoms with Crippen LogP contribution in [0, 0.1) is 6.92 Å². The van der Waals surface area contributed by atoms with E-state index in [1.807, 2.05) is 48.0 Å². The first-order valence-electron chi connectivity index (χ1n) is 6.17. The lowest BCUT2D eigenvalue weighted by Gasteiger charge is -2.10. The molecular weight excluding hydrogens is 316 g/mol. The Morgan fingerprint density at radius 1 is 1.15 bits per heavy atom. The number of aryl methyl sites for hydroxylation is 1. The molecule has 100 valence electrons. The minimum Gasteiger partial charge on any atom is -0.399 e. The molecule has 0 atom stereocenters. The van der Waals surface area contributed by atoms with Gasteiger partial charge >= 0.3 is 0 Å². The van der Waals surface area contributed by atoms with Crippen LogP contribution in [0.25, 0.3) is 17.2 Å². The number of anilines is 1. The molecule has 0 aliphatic rings. The zero-order valence-electron chi connectivity index (χ0n) is 10.9. The monoisotopic (exact) mass is 328 g/mol. The normalized spacial score (nSPS) is 10.7. The molecule has 5 heteroatoms. The Morgan fingerprint density at radius 3 is 2.80 bits per heavy atom. The number of rotatable bonds is 2. The zero-order valence-corrected chi connectivity index (χ0v) is 12.5. The molecule has 0 aliphatic heterocycles. The number of nitrogens with two attached hydrogens (primary N) is 1. The summed E-state index contributed by atoms with van der Waals surface area (Å²) in [6, 6.07) is 9.63. The minimum atomic E-state index is 0.716. The molecule has 3 rings (SSSR count). The van der Waals surface area contributed by atoms with Gasteiger partial charge < -0.3 is 5.73 Å². The number of halogens is 1. The van der Waals surface area contributed by atoms with E-state index in [4.69, 9.17) is 5.73 Å². The Hall–Kier alpha value is -2.14. The van der Waals surface area contributed by atoms with Crippen LogP contribution in [0.4, 0.5) is 5.69 Å². The summed E-state index contributed by atoms with van der Waals surface area (Å²) < 4.78 is 2.91. The number of benzene rings is 1. The average molecular weight is 329 g/mol. The molecule has 4 nitrogen and oxygen atoms in total. The molecule has 0 bridgehead atoms. The van der Waals surface area contributed by atoms with Crippen LogP contribution in [0.3, 0.4) is 0 Å². The highest BCUT2D eigenvalue weighted by Crippen LogP contribution is 2.27. The second-order valence-corrected chi connectivity index (χ2v) is 5.30. The highest BCUT2D eigenvalue weighted by molar-refractivity contribution is 9.10. The van der Waals surface area contributed by atoms with E-state index in [1.54, 1.807) is 12.4 Å². The predicted molar refractivity (Wildman–Crippen MR) is 83.6 cm³/mol. The van der Waals surface area contributed by atoms with Gasteiger partial charge in [0, 0.05) is 29.8 Å². The van der Waals surface area contributed by atoms with E-state index in [9.17, 15) is 0 Å². The highest BCUT2D eigenvalue weighted by Gasteiger charge is 2.12. The fourth-order valence-electron chi connectivity index (χ4n) is 2.06. The summed E-state index contributed by atoms with van der Waals surface area (Å²) in [5.74, 6) is 1.64. The van der Waals surface area contributed by atoms with Gasteiger partial charge in [-0.05, 0) is 46.6 Å². The van der Waals surface area contributed by atoms with Crippen LogP contribution < -0.4 is 5.73 Å². The van der Waals surface area contributed by atoms with E-state index in [1.165, 1.54) is 0 Å².